The van der Waals surface area contributed by atoms with Gasteiger partial charge in [0.15, 0.2) is 11.5 Å². The summed E-state index contributed by atoms with van der Waals surface area (Å²) in [7, 11) is -2.11. The summed E-state index contributed by atoms with van der Waals surface area (Å²) in [4.78, 5) is 13.0. The highest BCUT2D eigenvalue weighted by atomic mass is 79.9. The van der Waals surface area contributed by atoms with E-state index in [9.17, 15) is 13.2 Å². The van der Waals surface area contributed by atoms with Crippen LogP contribution in [0.3, 0.4) is 0 Å². The minimum Gasteiger partial charge on any atom is -0.493 e. The maximum absolute atomic E-state index is 13.0. The molecule has 1 heterocycles. The quantitative estimate of drug-likeness (QED) is 0.628. The predicted octanol–water partition coefficient (Wildman–Crippen LogP) is 3.90. The van der Waals surface area contributed by atoms with Crippen molar-refractivity contribution < 1.29 is 22.7 Å². The molecule has 3 rings (SSSR count). The molecular formula is C21H25BrN2O5S. The summed E-state index contributed by atoms with van der Waals surface area (Å²) in [6.45, 7) is 2.94. The molecule has 0 radical (unpaired) electrons. The number of rotatable bonds is 7. The SMILES string of the molecule is CCOc1ccc(NC(=O)C2CCCN(S(=O)(=O)c3ccc(Br)cc3)C2)cc1OC. The molecule has 0 saturated carbocycles. The van der Waals surface area contributed by atoms with Crippen LogP contribution < -0.4 is 14.8 Å². The summed E-state index contributed by atoms with van der Waals surface area (Å²) in [6.07, 6.45) is 1.26. The molecule has 0 spiro atoms. The molecule has 30 heavy (non-hydrogen) atoms. The Balaban J connectivity index is 1.70. The average Bonchev–Trinajstić information content (AvgIpc) is 2.75. The van der Waals surface area contributed by atoms with Gasteiger partial charge in [0.05, 0.1) is 24.5 Å². The molecule has 0 bridgehead atoms. The molecule has 1 aliphatic rings. The summed E-state index contributed by atoms with van der Waals surface area (Å²) in [5, 5.41) is 2.87. The number of nitrogens with one attached hydrogen (secondary N) is 1. The van der Waals surface area contributed by atoms with Gasteiger partial charge in [-0.15, -0.1) is 0 Å². The number of amides is 1. The second-order valence-electron chi connectivity index (χ2n) is 6.94. The Morgan fingerprint density at radius 1 is 1.20 bits per heavy atom. The minimum absolute atomic E-state index is 0.151. The Hall–Kier alpha value is -2.10. The number of halogens is 1. The fraction of sp³-hybridized carbons (Fsp3) is 0.381. The number of nitrogens with zero attached hydrogens (tertiary/aromatic N) is 1. The van der Waals surface area contributed by atoms with Crippen LogP contribution in [0.15, 0.2) is 51.8 Å². The van der Waals surface area contributed by atoms with E-state index in [2.05, 4.69) is 21.2 Å². The summed E-state index contributed by atoms with van der Waals surface area (Å²) in [6, 6.07) is 11.7. The minimum atomic E-state index is -3.64. The smallest absolute Gasteiger partial charge is 0.243 e. The average molecular weight is 497 g/mol. The summed E-state index contributed by atoms with van der Waals surface area (Å²) in [5.41, 5.74) is 0.577. The molecule has 1 amide bonds. The number of anilines is 1. The molecule has 0 aromatic heterocycles. The topological polar surface area (TPSA) is 84.9 Å². The van der Waals surface area contributed by atoms with Crippen molar-refractivity contribution in [2.45, 2.75) is 24.7 Å². The van der Waals surface area contributed by atoms with Crippen LogP contribution in [-0.2, 0) is 14.8 Å². The van der Waals surface area contributed by atoms with E-state index in [4.69, 9.17) is 9.47 Å². The molecule has 9 heteroatoms. The number of methoxy groups -OCH3 is 1. The van der Waals surface area contributed by atoms with Crippen LogP contribution in [-0.4, -0.2) is 45.4 Å². The highest BCUT2D eigenvalue weighted by molar-refractivity contribution is 9.10. The molecule has 1 aliphatic heterocycles. The van der Waals surface area contributed by atoms with Crippen LogP contribution in [0.25, 0.3) is 0 Å². The van der Waals surface area contributed by atoms with E-state index in [0.29, 0.717) is 43.2 Å². The number of ether oxygens (including phenoxy) is 2. The number of piperidine rings is 1. The zero-order valence-corrected chi connectivity index (χ0v) is 19.3. The number of benzene rings is 2. The number of carbonyl (C=O) groups is 1. The fourth-order valence-corrected chi connectivity index (χ4v) is 5.18. The van der Waals surface area contributed by atoms with Gasteiger partial charge in [-0.1, -0.05) is 15.9 Å². The molecule has 162 valence electrons. The molecule has 2 aromatic carbocycles. The molecule has 2 aromatic rings. The molecule has 7 nitrogen and oxygen atoms in total. The molecule has 1 saturated heterocycles. The maximum atomic E-state index is 13.0. The number of hydrogen-bond acceptors (Lipinski definition) is 5. The monoisotopic (exact) mass is 496 g/mol. The lowest BCUT2D eigenvalue weighted by Gasteiger charge is -2.31. The first-order valence-electron chi connectivity index (χ1n) is 9.72. The molecular weight excluding hydrogens is 472 g/mol. The van der Waals surface area contributed by atoms with Gasteiger partial charge in [0, 0.05) is 29.3 Å². The second-order valence-corrected chi connectivity index (χ2v) is 9.80. The fourth-order valence-electron chi connectivity index (χ4n) is 3.39. The van der Waals surface area contributed by atoms with E-state index < -0.39 is 15.9 Å². The first-order valence-corrected chi connectivity index (χ1v) is 12.0. The van der Waals surface area contributed by atoms with E-state index in [-0.39, 0.29) is 17.3 Å². The lowest BCUT2D eigenvalue weighted by molar-refractivity contribution is -0.120. The van der Waals surface area contributed by atoms with Crippen molar-refractivity contribution in [3.63, 3.8) is 0 Å². The second kappa shape index (κ2) is 9.80. The van der Waals surface area contributed by atoms with Gasteiger partial charge in [0.2, 0.25) is 15.9 Å². The van der Waals surface area contributed by atoms with Crippen molar-refractivity contribution in [3.05, 3.63) is 46.9 Å². The molecule has 1 unspecified atom stereocenters. The van der Waals surface area contributed by atoms with Crippen molar-refractivity contribution in [2.24, 2.45) is 5.92 Å². The molecule has 0 aliphatic carbocycles. The lowest BCUT2D eigenvalue weighted by Crippen LogP contribution is -2.43. The Bertz CT molecular complexity index is 995. The maximum Gasteiger partial charge on any atom is 0.243 e. The highest BCUT2D eigenvalue weighted by Crippen LogP contribution is 2.31. The first-order chi connectivity index (χ1) is 14.3. The van der Waals surface area contributed by atoms with Crippen LogP contribution in [0.4, 0.5) is 5.69 Å². The van der Waals surface area contributed by atoms with Gasteiger partial charge in [-0.2, -0.15) is 4.31 Å². The normalized spacial score (nSPS) is 17.4. The van der Waals surface area contributed by atoms with Crippen molar-refractivity contribution in [2.75, 3.05) is 32.1 Å². The largest absolute Gasteiger partial charge is 0.493 e. The Morgan fingerprint density at radius 2 is 1.93 bits per heavy atom. The van der Waals surface area contributed by atoms with Gasteiger partial charge < -0.3 is 14.8 Å². The zero-order chi connectivity index (χ0) is 21.7. The third-order valence-electron chi connectivity index (χ3n) is 4.94. The Labute approximate surface area is 185 Å². The Morgan fingerprint density at radius 3 is 2.60 bits per heavy atom. The third kappa shape index (κ3) is 5.14. The number of carbonyl (C=O) groups excluding carboxylic acids is 1. The zero-order valence-electron chi connectivity index (χ0n) is 16.9. The van der Waals surface area contributed by atoms with E-state index in [0.717, 1.165) is 4.47 Å². The Kier molecular flexibility index (Phi) is 7.38. The standard InChI is InChI=1S/C21H25BrN2O5S/c1-3-29-19-11-8-17(13-20(19)28-2)23-21(25)15-5-4-12-24(14-15)30(26,27)18-9-6-16(22)7-10-18/h6-11,13,15H,3-5,12,14H2,1-2H3,(H,23,25). The number of hydrogen-bond donors (Lipinski definition) is 1. The van der Waals surface area contributed by atoms with Crippen LogP contribution >= 0.6 is 15.9 Å². The van der Waals surface area contributed by atoms with Crippen molar-refractivity contribution in [1.82, 2.24) is 4.31 Å². The lowest BCUT2D eigenvalue weighted by atomic mass is 9.98. The van der Waals surface area contributed by atoms with Crippen LogP contribution in [0.5, 0.6) is 11.5 Å². The van der Waals surface area contributed by atoms with Gasteiger partial charge in [-0.25, -0.2) is 8.42 Å². The molecule has 1 N–H and O–H groups in total. The summed E-state index contributed by atoms with van der Waals surface area (Å²) in [5.74, 6) is 0.485. The van der Waals surface area contributed by atoms with Crippen molar-refractivity contribution >= 4 is 37.5 Å². The van der Waals surface area contributed by atoms with Crippen LogP contribution in [0.1, 0.15) is 19.8 Å². The van der Waals surface area contributed by atoms with Gasteiger partial charge in [-0.3, -0.25) is 4.79 Å². The highest BCUT2D eigenvalue weighted by Gasteiger charge is 2.33. The van der Waals surface area contributed by atoms with Crippen molar-refractivity contribution in [3.8, 4) is 11.5 Å². The van der Waals surface area contributed by atoms with Gasteiger partial charge >= 0.3 is 0 Å². The van der Waals surface area contributed by atoms with Gasteiger partial charge in [0.1, 0.15) is 0 Å². The van der Waals surface area contributed by atoms with E-state index in [1.807, 2.05) is 6.92 Å². The van der Waals surface area contributed by atoms with E-state index in [1.54, 1.807) is 42.5 Å². The molecule has 1 atom stereocenters. The first kappa shape index (κ1) is 22.6. The summed E-state index contributed by atoms with van der Waals surface area (Å²) >= 11 is 3.31. The third-order valence-corrected chi connectivity index (χ3v) is 7.35. The number of sulfonamides is 1. The van der Waals surface area contributed by atoms with Crippen LogP contribution in [0, 0.1) is 5.92 Å². The van der Waals surface area contributed by atoms with Crippen LogP contribution in [0.2, 0.25) is 0 Å². The van der Waals surface area contributed by atoms with Gasteiger partial charge in [0.25, 0.3) is 0 Å². The van der Waals surface area contributed by atoms with Crippen molar-refractivity contribution in [1.29, 1.82) is 0 Å². The van der Waals surface area contributed by atoms with E-state index in [1.165, 1.54) is 11.4 Å². The summed E-state index contributed by atoms with van der Waals surface area (Å²) < 4.78 is 38.9. The van der Waals surface area contributed by atoms with Gasteiger partial charge in [-0.05, 0) is 56.2 Å². The van der Waals surface area contributed by atoms with E-state index >= 15 is 0 Å². The molecule has 1 fully saturated rings. The predicted molar refractivity (Wildman–Crippen MR) is 118 cm³/mol.